The molecule has 1 N–H and O–H groups in total. The quantitative estimate of drug-likeness (QED) is 0.338. The van der Waals surface area contributed by atoms with Gasteiger partial charge in [0, 0.05) is 23.6 Å². The fourth-order valence-electron chi connectivity index (χ4n) is 3.66. The number of aromatic nitrogens is 1. The molecule has 2 aromatic carbocycles. The highest BCUT2D eigenvalue weighted by molar-refractivity contribution is 6.51. The summed E-state index contributed by atoms with van der Waals surface area (Å²) >= 11 is 6.14. The molecule has 1 atom stereocenters. The van der Waals surface area contributed by atoms with E-state index in [4.69, 9.17) is 16.3 Å². The van der Waals surface area contributed by atoms with Crippen molar-refractivity contribution >= 4 is 34.7 Å². The maximum absolute atomic E-state index is 13.9. The standard InChI is InChI=1S/C24H18ClFN2O4/c1-2-32-19-12-15(6-7-18(19)25)22(29)20-21(14-8-10-27-11-9-14)28(24(31)23(20)30)17-5-3-4-16(26)13-17/h3-13,21,29H,2H2,1H3/b22-20+. The molecule has 1 unspecified atom stereocenters. The number of benzene rings is 2. The lowest BCUT2D eigenvalue weighted by Gasteiger charge is -2.25. The lowest BCUT2D eigenvalue weighted by molar-refractivity contribution is -0.132. The summed E-state index contributed by atoms with van der Waals surface area (Å²) in [5.74, 6) is -2.38. The van der Waals surface area contributed by atoms with Crippen LogP contribution in [0.3, 0.4) is 0 Å². The van der Waals surface area contributed by atoms with Crippen LogP contribution in [0.2, 0.25) is 5.02 Å². The number of pyridine rings is 1. The third-order valence-electron chi connectivity index (χ3n) is 5.06. The van der Waals surface area contributed by atoms with Crippen molar-refractivity contribution in [3.63, 3.8) is 0 Å². The fourth-order valence-corrected chi connectivity index (χ4v) is 3.83. The summed E-state index contributed by atoms with van der Waals surface area (Å²) in [7, 11) is 0. The molecule has 0 spiro atoms. The maximum Gasteiger partial charge on any atom is 0.300 e. The van der Waals surface area contributed by atoms with Crippen molar-refractivity contribution in [2.75, 3.05) is 11.5 Å². The number of aliphatic hydroxyl groups excluding tert-OH is 1. The van der Waals surface area contributed by atoms with Gasteiger partial charge in [-0.25, -0.2) is 4.39 Å². The normalized spacial score (nSPS) is 17.6. The topological polar surface area (TPSA) is 79.7 Å². The largest absolute Gasteiger partial charge is 0.507 e. The Balaban J connectivity index is 1.93. The monoisotopic (exact) mass is 452 g/mol. The van der Waals surface area contributed by atoms with Crippen molar-refractivity contribution in [2.45, 2.75) is 13.0 Å². The van der Waals surface area contributed by atoms with E-state index in [9.17, 15) is 19.1 Å². The number of amides is 1. The number of carbonyl (C=O) groups is 2. The van der Waals surface area contributed by atoms with Gasteiger partial charge in [0.2, 0.25) is 0 Å². The first-order valence-electron chi connectivity index (χ1n) is 9.81. The number of aliphatic hydroxyl groups is 1. The molecule has 4 rings (SSSR count). The molecule has 0 radical (unpaired) electrons. The van der Waals surface area contributed by atoms with Crippen LogP contribution in [-0.2, 0) is 9.59 Å². The second-order valence-corrected chi connectivity index (χ2v) is 7.41. The highest BCUT2D eigenvalue weighted by atomic mass is 35.5. The second kappa shape index (κ2) is 8.80. The van der Waals surface area contributed by atoms with E-state index in [2.05, 4.69) is 4.98 Å². The third-order valence-corrected chi connectivity index (χ3v) is 5.37. The minimum absolute atomic E-state index is 0.129. The number of carbonyl (C=O) groups excluding carboxylic acids is 2. The van der Waals surface area contributed by atoms with E-state index in [1.54, 1.807) is 19.1 Å². The van der Waals surface area contributed by atoms with Gasteiger partial charge in [0.05, 0.1) is 23.2 Å². The van der Waals surface area contributed by atoms with Crippen LogP contribution in [0.15, 0.2) is 72.6 Å². The van der Waals surface area contributed by atoms with Crippen molar-refractivity contribution in [3.8, 4) is 5.75 Å². The van der Waals surface area contributed by atoms with Crippen LogP contribution in [0.1, 0.15) is 24.1 Å². The summed E-state index contributed by atoms with van der Waals surface area (Å²) in [6, 6.07) is 12.2. The van der Waals surface area contributed by atoms with Gasteiger partial charge in [-0.3, -0.25) is 19.5 Å². The number of hydrogen-bond donors (Lipinski definition) is 1. The Morgan fingerprint density at radius 1 is 1.16 bits per heavy atom. The molecule has 1 aliphatic rings. The molecule has 1 aliphatic heterocycles. The summed E-state index contributed by atoms with van der Waals surface area (Å²) in [5.41, 5.74) is 0.854. The summed E-state index contributed by atoms with van der Waals surface area (Å²) in [6.07, 6.45) is 3.02. The third kappa shape index (κ3) is 3.83. The number of anilines is 1. The molecule has 1 amide bonds. The van der Waals surface area contributed by atoms with Crippen LogP contribution in [0.4, 0.5) is 10.1 Å². The van der Waals surface area contributed by atoms with E-state index in [1.165, 1.54) is 53.7 Å². The minimum atomic E-state index is -0.981. The van der Waals surface area contributed by atoms with Crippen LogP contribution >= 0.6 is 11.6 Å². The van der Waals surface area contributed by atoms with E-state index >= 15 is 0 Å². The van der Waals surface area contributed by atoms with Crippen LogP contribution in [0.5, 0.6) is 5.75 Å². The molecule has 2 heterocycles. The first-order valence-corrected chi connectivity index (χ1v) is 10.2. The van der Waals surface area contributed by atoms with Crippen molar-refractivity contribution in [2.24, 2.45) is 0 Å². The molecule has 32 heavy (non-hydrogen) atoms. The van der Waals surface area contributed by atoms with E-state index in [0.29, 0.717) is 22.9 Å². The Morgan fingerprint density at radius 3 is 2.59 bits per heavy atom. The Hall–Kier alpha value is -3.71. The molecule has 1 fully saturated rings. The van der Waals surface area contributed by atoms with Crippen molar-refractivity contribution in [1.82, 2.24) is 4.98 Å². The Bertz CT molecular complexity index is 1230. The minimum Gasteiger partial charge on any atom is -0.507 e. The predicted octanol–water partition coefficient (Wildman–Crippen LogP) is 4.90. The van der Waals surface area contributed by atoms with Gasteiger partial charge in [0.15, 0.2) is 0 Å². The molecular formula is C24H18ClFN2O4. The molecule has 0 aliphatic carbocycles. The van der Waals surface area contributed by atoms with E-state index < -0.39 is 23.5 Å². The summed E-state index contributed by atoms with van der Waals surface area (Å²) < 4.78 is 19.4. The Labute approximate surface area is 188 Å². The van der Waals surface area contributed by atoms with Crippen molar-refractivity contribution in [3.05, 3.63) is 94.5 Å². The van der Waals surface area contributed by atoms with Crippen molar-refractivity contribution < 1.29 is 23.8 Å². The van der Waals surface area contributed by atoms with Crippen molar-refractivity contribution in [1.29, 1.82) is 0 Å². The first kappa shape index (κ1) is 21.5. The highest BCUT2D eigenvalue weighted by Gasteiger charge is 2.47. The number of halogens is 2. The van der Waals surface area contributed by atoms with E-state index in [0.717, 1.165) is 6.07 Å². The van der Waals surface area contributed by atoms with Gasteiger partial charge in [-0.1, -0.05) is 17.7 Å². The van der Waals surface area contributed by atoms with Crippen LogP contribution in [0, 0.1) is 5.82 Å². The van der Waals surface area contributed by atoms with Gasteiger partial charge >= 0.3 is 0 Å². The zero-order valence-electron chi connectivity index (χ0n) is 17.0. The molecule has 1 aromatic heterocycles. The average Bonchev–Trinajstić information content (AvgIpc) is 3.06. The van der Waals surface area contributed by atoms with Gasteiger partial charge in [0.1, 0.15) is 17.3 Å². The maximum atomic E-state index is 13.9. The zero-order valence-corrected chi connectivity index (χ0v) is 17.7. The Kier molecular flexibility index (Phi) is 5.92. The lowest BCUT2D eigenvalue weighted by atomic mass is 9.95. The number of ketones is 1. The molecule has 3 aromatic rings. The summed E-state index contributed by atoms with van der Waals surface area (Å²) in [5, 5.41) is 11.5. The number of ether oxygens (including phenoxy) is 1. The lowest BCUT2D eigenvalue weighted by Crippen LogP contribution is -2.29. The van der Waals surface area contributed by atoms with Gasteiger partial charge in [0.25, 0.3) is 11.7 Å². The van der Waals surface area contributed by atoms with E-state index in [1.807, 2.05) is 0 Å². The van der Waals surface area contributed by atoms with Gasteiger partial charge in [-0.15, -0.1) is 0 Å². The number of hydrogen-bond acceptors (Lipinski definition) is 5. The average molecular weight is 453 g/mol. The van der Waals surface area contributed by atoms with Gasteiger partial charge in [-0.05, 0) is 61.0 Å². The first-order chi connectivity index (χ1) is 15.4. The van der Waals surface area contributed by atoms with Crippen LogP contribution in [-0.4, -0.2) is 28.4 Å². The highest BCUT2D eigenvalue weighted by Crippen LogP contribution is 2.42. The number of Topliss-reactive ketones (excluding diaryl/α,β-unsaturated/α-hetero) is 1. The molecule has 162 valence electrons. The zero-order chi connectivity index (χ0) is 22.8. The van der Waals surface area contributed by atoms with Gasteiger partial charge in [-0.2, -0.15) is 0 Å². The van der Waals surface area contributed by atoms with Gasteiger partial charge < -0.3 is 9.84 Å². The molecule has 0 bridgehead atoms. The smallest absolute Gasteiger partial charge is 0.300 e. The number of nitrogens with zero attached hydrogens (tertiary/aromatic N) is 2. The van der Waals surface area contributed by atoms with Crippen LogP contribution in [0.25, 0.3) is 5.76 Å². The van der Waals surface area contributed by atoms with E-state index in [-0.39, 0.29) is 22.6 Å². The number of rotatable bonds is 5. The predicted molar refractivity (Wildman–Crippen MR) is 118 cm³/mol. The fraction of sp³-hybridized carbons (Fsp3) is 0.125. The SMILES string of the molecule is CCOc1cc(/C(O)=C2\C(=O)C(=O)N(c3cccc(F)c3)C2c2ccncc2)ccc1Cl. The molecule has 8 heteroatoms. The molecule has 1 saturated heterocycles. The van der Waals surface area contributed by atoms with Crippen LogP contribution < -0.4 is 9.64 Å². The summed E-state index contributed by atoms with van der Waals surface area (Å²) in [6.45, 7) is 2.14. The molecule has 0 saturated carbocycles. The Morgan fingerprint density at radius 2 is 1.91 bits per heavy atom. The second-order valence-electron chi connectivity index (χ2n) is 7.01. The molecule has 6 nitrogen and oxygen atoms in total. The summed E-state index contributed by atoms with van der Waals surface area (Å²) in [4.78, 5) is 31.2. The molecular weight excluding hydrogens is 435 g/mol.